The van der Waals surface area contributed by atoms with Crippen molar-refractivity contribution < 1.29 is 4.79 Å². The van der Waals surface area contributed by atoms with E-state index in [2.05, 4.69) is 17.3 Å². The lowest BCUT2D eigenvalue weighted by Crippen LogP contribution is -2.43. The van der Waals surface area contributed by atoms with Gasteiger partial charge >= 0.3 is 0 Å². The highest BCUT2D eigenvalue weighted by Crippen LogP contribution is 2.18. The molecule has 4 nitrogen and oxygen atoms in total. The average molecular weight is 268 g/mol. The van der Waals surface area contributed by atoms with E-state index in [1.165, 1.54) is 0 Å². The molecule has 1 fully saturated rings. The monoisotopic (exact) mass is 267 g/mol. The molecule has 0 aliphatic carbocycles. The van der Waals surface area contributed by atoms with Crippen molar-refractivity contribution >= 4 is 23.2 Å². The molecule has 2 rings (SSSR count). The molecule has 0 spiro atoms. The van der Waals surface area contributed by atoms with Gasteiger partial charge in [-0.05, 0) is 51.2 Å². The van der Waals surface area contributed by atoms with E-state index in [0.29, 0.717) is 16.3 Å². The SMILES string of the molecule is CN1CCC(NC(=O)c2ccc(Cl)cc2N)CC1. The second-order valence-electron chi connectivity index (χ2n) is 4.78. The second kappa shape index (κ2) is 5.59. The summed E-state index contributed by atoms with van der Waals surface area (Å²) in [5.41, 5.74) is 6.72. The summed E-state index contributed by atoms with van der Waals surface area (Å²) in [4.78, 5) is 14.3. The van der Waals surface area contributed by atoms with E-state index in [4.69, 9.17) is 17.3 Å². The topological polar surface area (TPSA) is 58.4 Å². The number of amides is 1. The molecule has 98 valence electrons. The minimum Gasteiger partial charge on any atom is -0.398 e. The van der Waals surface area contributed by atoms with Gasteiger partial charge in [-0.3, -0.25) is 4.79 Å². The van der Waals surface area contributed by atoms with Crippen molar-refractivity contribution in [2.75, 3.05) is 25.9 Å². The highest BCUT2D eigenvalue weighted by Gasteiger charge is 2.19. The Kier molecular flexibility index (Phi) is 4.09. The fraction of sp³-hybridized carbons (Fsp3) is 0.462. The number of nitrogen functional groups attached to an aromatic ring is 1. The van der Waals surface area contributed by atoms with Crippen LogP contribution in [0.3, 0.4) is 0 Å². The molecule has 3 N–H and O–H groups in total. The largest absolute Gasteiger partial charge is 0.398 e. The maximum Gasteiger partial charge on any atom is 0.253 e. The Morgan fingerprint density at radius 1 is 1.44 bits per heavy atom. The Morgan fingerprint density at radius 2 is 2.11 bits per heavy atom. The number of rotatable bonds is 2. The highest BCUT2D eigenvalue weighted by molar-refractivity contribution is 6.31. The third kappa shape index (κ3) is 3.15. The maximum atomic E-state index is 12.1. The summed E-state index contributed by atoms with van der Waals surface area (Å²) >= 11 is 5.81. The van der Waals surface area contributed by atoms with Crippen LogP contribution in [-0.4, -0.2) is 37.0 Å². The van der Waals surface area contributed by atoms with Crippen LogP contribution in [0, 0.1) is 0 Å². The summed E-state index contributed by atoms with van der Waals surface area (Å²) in [5.74, 6) is -0.112. The molecular formula is C13H18ClN3O. The number of likely N-dealkylation sites (tertiary alicyclic amines) is 1. The van der Waals surface area contributed by atoms with E-state index in [1.807, 2.05) is 0 Å². The standard InChI is InChI=1S/C13H18ClN3O/c1-17-6-4-10(5-7-17)16-13(18)11-3-2-9(14)8-12(11)15/h2-3,8,10H,4-7,15H2,1H3,(H,16,18). The fourth-order valence-corrected chi connectivity index (χ4v) is 2.34. The number of carbonyl (C=O) groups is 1. The van der Waals surface area contributed by atoms with Crippen LogP contribution < -0.4 is 11.1 Å². The average Bonchev–Trinajstić information content (AvgIpc) is 2.32. The summed E-state index contributed by atoms with van der Waals surface area (Å²) in [6.45, 7) is 2.03. The first-order chi connectivity index (χ1) is 8.56. The quantitative estimate of drug-likeness (QED) is 0.803. The van der Waals surface area contributed by atoms with Gasteiger partial charge in [-0.1, -0.05) is 11.6 Å². The predicted octanol–water partition coefficient (Wildman–Crippen LogP) is 1.75. The Morgan fingerprint density at radius 3 is 2.72 bits per heavy atom. The first kappa shape index (κ1) is 13.2. The van der Waals surface area contributed by atoms with Crippen LogP contribution in [-0.2, 0) is 0 Å². The molecule has 1 aromatic carbocycles. The molecule has 1 aliphatic heterocycles. The van der Waals surface area contributed by atoms with Gasteiger partial charge in [0.15, 0.2) is 0 Å². The van der Waals surface area contributed by atoms with E-state index >= 15 is 0 Å². The van der Waals surface area contributed by atoms with Crippen molar-refractivity contribution in [3.63, 3.8) is 0 Å². The number of halogens is 1. The molecule has 1 heterocycles. The smallest absolute Gasteiger partial charge is 0.253 e. The third-order valence-corrected chi connectivity index (χ3v) is 3.55. The number of anilines is 1. The van der Waals surface area contributed by atoms with E-state index in [0.717, 1.165) is 25.9 Å². The molecule has 0 aromatic heterocycles. The van der Waals surface area contributed by atoms with Gasteiger partial charge in [0, 0.05) is 16.8 Å². The number of benzene rings is 1. The van der Waals surface area contributed by atoms with Gasteiger partial charge in [0.2, 0.25) is 0 Å². The summed E-state index contributed by atoms with van der Waals surface area (Å²) < 4.78 is 0. The van der Waals surface area contributed by atoms with Gasteiger partial charge in [-0.2, -0.15) is 0 Å². The van der Waals surface area contributed by atoms with E-state index < -0.39 is 0 Å². The first-order valence-electron chi connectivity index (χ1n) is 6.10. The maximum absolute atomic E-state index is 12.1. The first-order valence-corrected chi connectivity index (χ1v) is 6.48. The molecule has 0 saturated carbocycles. The van der Waals surface area contributed by atoms with Gasteiger partial charge in [-0.25, -0.2) is 0 Å². The van der Waals surface area contributed by atoms with Crippen molar-refractivity contribution in [2.24, 2.45) is 0 Å². The Balaban J connectivity index is 1.99. The van der Waals surface area contributed by atoms with Crippen LogP contribution in [0.15, 0.2) is 18.2 Å². The normalized spacial score (nSPS) is 17.7. The van der Waals surface area contributed by atoms with Crippen LogP contribution in [0.4, 0.5) is 5.69 Å². The summed E-state index contributed by atoms with van der Waals surface area (Å²) in [5, 5.41) is 3.57. The van der Waals surface area contributed by atoms with E-state index in [-0.39, 0.29) is 11.9 Å². The van der Waals surface area contributed by atoms with E-state index in [1.54, 1.807) is 18.2 Å². The summed E-state index contributed by atoms with van der Waals surface area (Å²) in [7, 11) is 2.09. The van der Waals surface area contributed by atoms with Crippen LogP contribution in [0.1, 0.15) is 23.2 Å². The number of carbonyl (C=O) groups excluding carboxylic acids is 1. The summed E-state index contributed by atoms with van der Waals surface area (Å²) in [6.07, 6.45) is 1.96. The van der Waals surface area contributed by atoms with Crippen molar-refractivity contribution in [3.05, 3.63) is 28.8 Å². The number of nitrogens with two attached hydrogens (primary N) is 1. The van der Waals surface area contributed by atoms with E-state index in [9.17, 15) is 4.79 Å². The van der Waals surface area contributed by atoms with Gasteiger partial charge < -0.3 is 16.0 Å². The highest BCUT2D eigenvalue weighted by atomic mass is 35.5. The zero-order chi connectivity index (χ0) is 13.1. The Bertz CT molecular complexity index is 442. The van der Waals surface area contributed by atoms with Gasteiger partial charge in [-0.15, -0.1) is 0 Å². The van der Waals surface area contributed by atoms with Crippen LogP contribution in [0.25, 0.3) is 0 Å². The molecule has 1 aliphatic rings. The Labute approximate surface area is 112 Å². The minimum atomic E-state index is -0.112. The third-order valence-electron chi connectivity index (χ3n) is 3.31. The lowest BCUT2D eigenvalue weighted by atomic mass is 10.0. The Hall–Kier alpha value is -1.26. The van der Waals surface area contributed by atoms with Crippen molar-refractivity contribution in [1.82, 2.24) is 10.2 Å². The number of hydrogen-bond acceptors (Lipinski definition) is 3. The molecule has 0 unspecified atom stereocenters. The number of piperidine rings is 1. The minimum absolute atomic E-state index is 0.112. The van der Waals surface area contributed by atoms with Crippen LogP contribution in [0.2, 0.25) is 5.02 Å². The number of hydrogen-bond donors (Lipinski definition) is 2. The van der Waals surface area contributed by atoms with Gasteiger partial charge in [0.25, 0.3) is 5.91 Å². The molecular weight excluding hydrogens is 250 g/mol. The van der Waals surface area contributed by atoms with Crippen LogP contribution in [0.5, 0.6) is 0 Å². The molecule has 0 radical (unpaired) electrons. The predicted molar refractivity (Wildman–Crippen MR) is 73.8 cm³/mol. The number of nitrogens with one attached hydrogen (secondary N) is 1. The molecule has 1 amide bonds. The molecule has 0 bridgehead atoms. The summed E-state index contributed by atoms with van der Waals surface area (Å²) in [6, 6.07) is 5.19. The van der Waals surface area contributed by atoms with Gasteiger partial charge in [0.05, 0.1) is 5.56 Å². The molecule has 0 atom stereocenters. The van der Waals surface area contributed by atoms with Crippen LogP contribution >= 0.6 is 11.6 Å². The molecule has 18 heavy (non-hydrogen) atoms. The second-order valence-corrected chi connectivity index (χ2v) is 5.22. The number of nitrogens with zero attached hydrogens (tertiary/aromatic N) is 1. The lowest BCUT2D eigenvalue weighted by Gasteiger charge is -2.29. The fourth-order valence-electron chi connectivity index (χ4n) is 2.16. The van der Waals surface area contributed by atoms with Crippen molar-refractivity contribution in [2.45, 2.75) is 18.9 Å². The zero-order valence-electron chi connectivity index (χ0n) is 10.4. The van der Waals surface area contributed by atoms with Gasteiger partial charge in [0.1, 0.15) is 0 Å². The zero-order valence-corrected chi connectivity index (χ0v) is 11.2. The molecule has 1 aromatic rings. The lowest BCUT2D eigenvalue weighted by molar-refractivity contribution is 0.0918. The van der Waals surface area contributed by atoms with Crippen molar-refractivity contribution in [3.8, 4) is 0 Å². The van der Waals surface area contributed by atoms with Crippen molar-refractivity contribution in [1.29, 1.82) is 0 Å². The molecule has 5 heteroatoms. The molecule has 1 saturated heterocycles.